The van der Waals surface area contributed by atoms with Gasteiger partial charge in [0.1, 0.15) is 17.9 Å². The summed E-state index contributed by atoms with van der Waals surface area (Å²) in [5, 5.41) is 11.7. The van der Waals surface area contributed by atoms with Crippen LogP contribution in [-0.4, -0.2) is 23.2 Å². The van der Waals surface area contributed by atoms with Crippen LogP contribution < -0.4 is 10.1 Å². The van der Waals surface area contributed by atoms with Gasteiger partial charge in [0.25, 0.3) is 6.01 Å². The third kappa shape index (κ3) is 3.25. The number of ether oxygens (including phenoxy) is 1. The molecular weight excluding hydrogens is 248 g/mol. The van der Waals surface area contributed by atoms with Gasteiger partial charge in [-0.2, -0.15) is 4.98 Å². The number of nitrogens with zero attached hydrogens (tertiary/aromatic N) is 1. The second-order valence-corrected chi connectivity index (χ2v) is 3.96. The summed E-state index contributed by atoms with van der Waals surface area (Å²) in [6.07, 6.45) is -0.182. The number of benzene rings is 1. The maximum Gasteiger partial charge on any atom is 0.311 e. The molecule has 0 saturated heterocycles. The molecule has 6 heteroatoms. The fourth-order valence-electron chi connectivity index (χ4n) is 1.61. The van der Waals surface area contributed by atoms with E-state index >= 15 is 0 Å². The number of aliphatic carboxylic acids is 1. The largest absolute Gasteiger partial charge is 0.497 e. The van der Waals surface area contributed by atoms with Crippen molar-refractivity contribution in [1.29, 1.82) is 0 Å². The van der Waals surface area contributed by atoms with Gasteiger partial charge in [0.15, 0.2) is 0 Å². The topological polar surface area (TPSA) is 84.6 Å². The third-order valence-corrected chi connectivity index (χ3v) is 2.53. The fourth-order valence-corrected chi connectivity index (χ4v) is 1.61. The molecule has 0 atom stereocenters. The second-order valence-electron chi connectivity index (χ2n) is 3.96. The Balaban J connectivity index is 2.16. The van der Waals surface area contributed by atoms with E-state index in [4.69, 9.17) is 14.3 Å². The molecule has 6 nitrogen and oxygen atoms in total. The van der Waals surface area contributed by atoms with Crippen molar-refractivity contribution in [1.82, 2.24) is 4.98 Å². The molecule has 0 unspecified atom stereocenters. The fraction of sp³-hybridized carbons (Fsp3) is 0.231. The molecule has 2 aromatic rings. The van der Waals surface area contributed by atoms with Crippen LogP contribution in [0.5, 0.6) is 5.75 Å². The lowest BCUT2D eigenvalue weighted by molar-refractivity contribution is -0.136. The van der Waals surface area contributed by atoms with Crippen LogP contribution in [0.25, 0.3) is 0 Å². The first-order valence-corrected chi connectivity index (χ1v) is 5.67. The predicted octanol–water partition coefficient (Wildman–Crippen LogP) is 2.36. The van der Waals surface area contributed by atoms with Gasteiger partial charge in [0, 0.05) is 11.8 Å². The zero-order valence-corrected chi connectivity index (χ0v) is 10.6. The molecule has 2 N–H and O–H groups in total. The summed E-state index contributed by atoms with van der Waals surface area (Å²) in [5.41, 5.74) is 1.32. The van der Waals surface area contributed by atoms with Crippen LogP contribution in [0.3, 0.4) is 0 Å². The minimum absolute atomic E-state index is 0.182. The van der Waals surface area contributed by atoms with E-state index in [9.17, 15) is 4.79 Å². The van der Waals surface area contributed by atoms with Crippen LogP contribution in [0, 0.1) is 6.92 Å². The normalized spacial score (nSPS) is 10.2. The van der Waals surface area contributed by atoms with Gasteiger partial charge in [-0.25, -0.2) is 0 Å². The van der Waals surface area contributed by atoms with Crippen molar-refractivity contribution in [2.24, 2.45) is 0 Å². The molecule has 2 rings (SSSR count). The van der Waals surface area contributed by atoms with Crippen LogP contribution in [0.2, 0.25) is 0 Å². The number of rotatable bonds is 5. The molecule has 0 radical (unpaired) electrons. The average Bonchev–Trinajstić information content (AvgIpc) is 2.69. The summed E-state index contributed by atoms with van der Waals surface area (Å²) in [6.45, 7) is 1.71. The maximum atomic E-state index is 10.6. The highest BCUT2D eigenvalue weighted by Gasteiger charge is 2.13. The molecule has 0 fully saturated rings. The van der Waals surface area contributed by atoms with E-state index in [1.54, 1.807) is 20.1 Å². The van der Waals surface area contributed by atoms with Crippen molar-refractivity contribution in [2.75, 3.05) is 12.4 Å². The summed E-state index contributed by atoms with van der Waals surface area (Å²) < 4.78 is 10.5. The smallest absolute Gasteiger partial charge is 0.311 e. The molecule has 0 bridgehead atoms. The minimum Gasteiger partial charge on any atom is -0.497 e. The van der Waals surface area contributed by atoms with Crippen molar-refractivity contribution in [2.45, 2.75) is 13.3 Å². The van der Waals surface area contributed by atoms with Gasteiger partial charge in [-0.05, 0) is 19.1 Å². The van der Waals surface area contributed by atoms with E-state index < -0.39 is 5.97 Å². The lowest BCUT2D eigenvalue weighted by Gasteiger charge is -2.04. The van der Waals surface area contributed by atoms with Gasteiger partial charge in [0.2, 0.25) is 0 Å². The van der Waals surface area contributed by atoms with Gasteiger partial charge in [-0.1, -0.05) is 6.07 Å². The molecular formula is C13H14N2O4. The average molecular weight is 262 g/mol. The molecule has 0 aliphatic carbocycles. The Morgan fingerprint density at radius 1 is 1.53 bits per heavy atom. The summed E-state index contributed by atoms with van der Waals surface area (Å²) in [4.78, 5) is 14.8. The number of oxazole rings is 1. The molecule has 19 heavy (non-hydrogen) atoms. The zero-order chi connectivity index (χ0) is 13.8. The van der Waals surface area contributed by atoms with Gasteiger partial charge in [-0.15, -0.1) is 0 Å². The van der Waals surface area contributed by atoms with Crippen LogP contribution in [0.15, 0.2) is 28.7 Å². The molecule has 0 amide bonds. The monoisotopic (exact) mass is 262 g/mol. The summed E-state index contributed by atoms with van der Waals surface area (Å²) in [5.74, 6) is 0.101. The lowest BCUT2D eigenvalue weighted by atomic mass is 10.3. The van der Waals surface area contributed by atoms with E-state index in [2.05, 4.69) is 10.3 Å². The lowest BCUT2D eigenvalue weighted by Crippen LogP contribution is -1.99. The van der Waals surface area contributed by atoms with Crippen LogP contribution in [-0.2, 0) is 11.2 Å². The van der Waals surface area contributed by atoms with Gasteiger partial charge < -0.3 is 19.6 Å². The van der Waals surface area contributed by atoms with E-state index in [0.717, 1.165) is 5.69 Å². The highest BCUT2D eigenvalue weighted by Crippen LogP contribution is 2.22. The quantitative estimate of drug-likeness (QED) is 0.860. The van der Waals surface area contributed by atoms with Gasteiger partial charge in [-0.3, -0.25) is 4.79 Å². The number of carboxylic acid groups (broad SMARTS) is 1. The number of methoxy groups -OCH3 is 1. The number of aromatic nitrogens is 1. The van der Waals surface area contributed by atoms with Crippen molar-refractivity contribution < 1.29 is 19.1 Å². The van der Waals surface area contributed by atoms with Crippen LogP contribution >= 0.6 is 0 Å². The number of nitrogens with one attached hydrogen (secondary N) is 1. The molecule has 0 spiro atoms. The molecule has 100 valence electrons. The van der Waals surface area contributed by atoms with E-state index in [1.807, 2.05) is 18.2 Å². The zero-order valence-electron chi connectivity index (χ0n) is 10.6. The SMILES string of the molecule is COc1cccc(Nc2nc(C)c(CC(=O)O)o2)c1. The Hall–Kier alpha value is -2.50. The molecule has 1 aromatic carbocycles. The number of hydrogen-bond acceptors (Lipinski definition) is 5. The molecule has 0 saturated carbocycles. The van der Waals surface area contributed by atoms with Crippen molar-refractivity contribution in [3.8, 4) is 5.75 Å². The Kier molecular flexibility index (Phi) is 3.70. The molecule has 1 heterocycles. The van der Waals surface area contributed by atoms with Crippen molar-refractivity contribution in [3.63, 3.8) is 0 Å². The predicted molar refractivity (Wildman–Crippen MR) is 68.9 cm³/mol. The number of carbonyl (C=O) groups is 1. The Morgan fingerprint density at radius 3 is 3.00 bits per heavy atom. The summed E-state index contributed by atoms with van der Waals surface area (Å²) >= 11 is 0. The first-order chi connectivity index (χ1) is 9.08. The Labute approximate surface area is 110 Å². The van der Waals surface area contributed by atoms with E-state index in [0.29, 0.717) is 17.2 Å². The molecule has 1 aromatic heterocycles. The van der Waals surface area contributed by atoms with Gasteiger partial charge in [0.05, 0.1) is 12.8 Å². The maximum absolute atomic E-state index is 10.6. The highest BCUT2D eigenvalue weighted by molar-refractivity contribution is 5.69. The summed E-state index contributed by atoms with van der Waals surface area (Å²) in [7, 11) is 1.58. The van der Waals surface area contributed by atoms with E-state index in [-0.39, 0.29) is 12.4 Å². The minimum atomic E-state index is -0.952. The Bertz CT molecular complexity index is 592. The van der Waals surface area contributed by atoms with E-state index in [1.165, 1.54) is 0 Å². The van der Waals surface area contributed by atoms with Gasteiger partial charge >= 0.3 is 5.97 Å². The third-order valence-electron chi connectivity index (χ3n) is 2.53. The van der Waals surface area contributed by atoms with Crippen LogP contribution in [0.1, 0.15) is 11.5 Å². The molecule has 0 aliphatic heterocycles. The second kappa shape index (κ2) is 5.43. The number of carboxylic acids is 1. The first kappa shape index (κ1) is 12.9. The first-order valence-electron chi connectivity index (χ1n) is 5.67. The number of anilines is 2. The van der Waals surface area contributed by atoms with Crippen LogP contribution in [0.4, 0.5) is 11.7 Å². The summed E-state index contributed by atoms with van der Waals surface area (Å²) in [6, 6.07) is 7.54. The van der Waals surface area contributed by atoms with Crippen molar-refractivity contribution >= 4 is 17.7 Å². The highest BCUT2D eigenvalue weighted by atomic mass is 16.5. The molecule has 0 aliphatic rings. The van der Waals surface area contributed by atoms with Crippen molar-refractivity contribution in [3.05, 3.63) is 35.7 Å². The Morgan fingerprint density at radius 2 is 2.32 bits per heavy atom. The standard InChI is InChI=1S/C13H14N2O4/c1-8-11(7-12(16)17)19-13(14-8)15-9-4-3-5-10(6-9)18-2/h3-6H,7H2,1-2H3,(H,14,15)(H,16,17). The number of aryl methyl sites for hydroxylation is 1. The number of hydrogen-bond donors (Lipinski definition) is 2.